The van der Waals surface area contributed by atoms with E-state index in [1.54, 1.807) is 26.1 Å². The Balaban J connectivity index is 1.66. The Morgan fingerprint density at radius 2 is 1.77 bits per heavy atom. The third kappa shape index (κ3) is 7.63. The molecule has 0 aromatic heterocycles. The minimum atomic E-state index is -4.43. The molecule has 0 bridgehead atoms. The van der Waals surface area contributed by atoms with Gasteiger partial charge in [0.2, 0.25) is 0 Å². The van der Waals surface area contributed by atoms with E-state index in [0.717, 1.165) is 12.1 Å². The molecule has 0 fully saturated rings. The molecule has 0 saturated heterocycles. The van der Waals surface area contributed by atoms with Crippen LogP contribution in [0, 0.1) is 5.92 Å². The van der Waals surface area contributed by atoms with Gasteiger partial charge in [0.05, 0.1) is 41.5 Å². The number of carbonyl (C=O) groups excluding carboxylic acids is 1. The number of nitrogens with one attached hydrogen (secondary N) is 1. The summed E-state index contributed by atoms with van der Waals surface area (Å²) in [6.07, 6.45) is -5.00. The highest BCUT2D eigenvalue weighted by Crippen LogP contribution is 2.36. The van der Waals surface area contributed by atoms with Crippen LogP contribution in [0.15, 0.2) is 71.6 Å². The van der Waals surface area contributed by atoms with Gasteiger partial charge in [0.1, 0.15) is 11.9 Å². The van der Waals surface area contributed by atoms with Gasteiger partial charge < -0.3 is 19.5 Å². The third-order valence-electron chi connectivity index (χ3n) is 7.53. The van der Waals surface area contributed by atoms with Gasteiger partial charge in [-0.15, -0.1) is 0 Å². The summed E-state index contributed by atoms with van der Waals surface area (Å²) in [7, 11) is -0.829. The number of carbonyl (C=O) groups is 1. The molecule has 0 saturated carbocycles. The fourth-order valence-electron chi connectivity index (χ4n) is 4.98. The fraction of sp³-hybridized carbons (Fsp3) is 0.387. The maximum Gasteiger partial charge on any atom is 0.416 e. The molecule has 238 valence electrons. The van der Waals surface area contributed by atoms with Crippen LogP contribution in [0.2, 0.25) is 0 Å². The number of hydrogen-bond acceptors (Lipinski definition) is 7. The minimum absolute atomic E-state index is 0.0233. The predicted octanol–water partition coefficient (Wildman–Crippen LogP) is 4.87. The number of methoxy groups -OCH3 is 1. The van der Waals surface area contributed by atoms with Gasteiger partial charge in [-0.25, -0.2) is 8.42 Å². The standard InChI is InChI=1S/C31H36F3N3O6S/c1-20-16-37(21(2)19-38)30(39)26-6-5-7-27(35-44(40,41)25-14-12-24(42-4)13-15-25)29(26)43-28(20)18-36(3)17-22-8-10-23(11-9-22)31(32,33)34/h5-15,20-21,28,35,38H,16-19H2,1-4H3/t20-,21+,28+/m1/s1. The molecule has 1 amide bonds. The molecule has 3 aromatic carbocycles. The van der Waals surface area contributed by atoms with Crippen molar-refractivity contribution in [1.82, 2.24) is 9.80 Å². The zero-order chi connectivity index (χ0) is 32.2. The number of hydrogen-bond donors (Lipinski definition) is 2. The zero-order valence-corrected chi connectivity index (χ0v) is 25.7. The first kappa shape index (κ1) is 33.1. The molecule has 1 aliphatic rings. The van der Waals surface area contributed by atoms with Crippen molar-refractivity contribution in [2.75, 3.05) is 38.6 Å². The molecule has 13 heteroatoms. The maximum absolute atomic E-state index is 13.7. The van der Waals surface area contributed by atoms with Crippen LogP contribution >= 0.6 is 0 Å². The average Bonchev–Trinajstić information content (AvgIpc) is 2.98. The molecule has 4 rings (SSSR count). The first-order chi connectivity index (χ1) is 20.7. The third-order valence-corrected chi connectivity index (χ3v) is 8.91. The molecular formula is C31H36F3N3O6S. The lowest BCUT2D eigenvalue weighted by Gasteiger charge is -2.38. The number of anilines is 1. The van der Waals surface area contributed by atoms with Crippen LogP contribution in [0.5, 0.6) is 11.5 Å². The Kier molecular flexibility index (Phi) is 10.1. The molecular weight excluding hydrogens is 599 g/mol. The second-order valence-corrected chi connectivity index (χ2v) is 12.7. The predicted molar refractivity (Wildman–Crippen MR) is 159 cm³/mol. The number of para-hydroxylation sites is 1. The number of likely N-dealkylation sites (N-methyl/N-ethyl adjacent to an activating group) is 1. The molecule has 0 radical (unpaired) electrons. The van der Waals surface area contributed by atoms with E-state index in [-0.39, 0.29) is 41.0 Å². The Morgan fingerprint density at radius 1 is 1.11 bits per heavy atom. The summed E-state index contributed by atoms with van der Waals surface area (Å²) in [5.74, 6) is -0.167. The number of ether oxygens (including phenoxy) is 2. The van der Waals surface area contributed by atoms with Crippen molar-refractivity contribution >= 4 is 21.6 Å². The van der Waals surface area contributed by atoms with E-state index in [9.17, 15) is 31.5 Å². The van der Waals surface area contributed by atoms with Gasteiger partial charge in [-0.05, 0) is 68.1 Å². The normalized spacial score (nSPS) is 18.2. The summed E-state index contributed by atoms with van der Waals surface area (Å²) in [5, 5.41) is 9.91. The molecule has 3 aromatic rings. The molecule has 44 heavy (non-hydrogen) atoms. The van der Waals surface area contributed by atoms with Crippen molar-refractivity contribution in [2.45, 2.75) is 43.6 Å². The monoisotopic (exact) mass is 635 g/mol. The number of aliphatic hydroxyl groups excluding tert-OH is 1. The highest BCUT2D eigenvalue weighted by Gasteiger charge is 2.35. The van der Waals surface area contributed by atoms with Crippen LogP contribution in [0.4, 0.5) is 18.9 Å². The van der Waals surface area contributed by atoms with E-state index in [1.165, 1.54) is 54.5 Å². The fourth-order valence-corrected chi connectivity index (χ4v) is 6.05. The zero-order valence-electron chi connectivity index (χ0n) is 24.8. The van der Waals surface area contributed by atoms with Crippen LogP contribution in [0.25, 0.3) is 0 Å². The number of fused-ring (bicyclic) bond motifs is 1. The van der Waals surface area contributed by atoms with Crippen molar-refractivity contribution in [3.8, 4) is 11.5 Å². The molecule has 9 nitrogen and oxygen atoms in total. The Hall–Kier alpha value is -3.81. The molecule has 1 heterocycles. The van der Waals surface area contributed by atoms with E-state index < -0.39 is 39.8 Å². The summed E-state index contributed by atoms with van der Waals surface area (Å²) in [6, 6.07) is 14.8. The van der Waals surface area contributed by atoms with Crippen molar-refractivity contribution in [1.29, 1.82) is 0 Å². The Labute approximate surface area is 255 Å². The molecule has 3 atom stereocenters. The number of nitrogens with zero attached hydrogens (tertiary/aromatic N) is 2. The summed E-state index contributed by atoms with van der Waals surface area (Å²) >= 11 is 0. The van der Waals surface area contributed by atoms with Crippen LogP contribution < -0.4 is 14.2 Å². The average molecular weight is 636 g/mol. The van der Waals surface area contributed by atoms with Crippen molar-refractivity contribution in [2.24, 2.45) is 5.92 Å². The number of benzene rings is 3. The molecule has 1 aliphatic heterocycles. The summed E-state index contributed by atoms with van der Waals surface area (Å²) in [5.41, 5.74) is 0.123. The molecule has 0 unspecified atom stereocenters. The summed E-state index contributed by atoms with van der Waals surface area (Å²) in [4.78, 5) is 17.1. The molecule has 0 spiro atoms. The van der Waals surface area contributed by atoms with Gasteiger partial charge in [0, 0.05) is 25.6 Å². The SMILES string of the molecule is COc1ccc(S(=O)(=O)Nc2cccc3c2O[C@@H](CN(C)Cc2ccc(C(F)(F)F)cc2)[C@H](C)CN([C@@H](C)CO)C3=O)cc1. The second kappa shape index (κ2) is 13.4. The lowest BCUT2D eigenvalue weighted by Crippen LogP contribution is -2.49. The van der Waals surface area contributed by atoms with E-state index in [4.69, 9.17) is 9.47 Å². The van der Waals surface area contributed by atoms with Gasteiger partial charge in [-0.1, -0.05) is 25.1 Å². The lowest BCUT2D eigenvalue weighted by molar-refractivity contribution is -0.137. The van der Waals surface area contributed by atoms with Gasteiger partial charge in [-0.3, -0.25) is 14.4 Å². The van der Waals surface area contributed by atoms with Gasteiger partial charge in [-0.2, -0.15) is 13.2 Å². The Bertz CT molecular complexity index is 1550. The van der Waals surface area contributed by atoms with E-state index in [0.29, 0.717) is 24.4 Å². The minimum Gasteiger partial charge on any atom is -0.497 e. The largest absolute Gasteiger partial charge is 0.497 e. The van der Waals surface area contributed by atoms with Crippen LogP contribution in [-0.2, 0) is 22.7 Å². The number of rotatable bonds is 10. The molecule has 0 aliphatic carbocycles. The Morgan fingerprint density at radius 3 is 2.36 bits per heavy atom. The highest BCUT2D eigenvalue weighted by atomic mass is 32.2. The summed E-state index contributed by atoms with van der Waals surface area (Å²) in [6.45, 7) is 4.19. The number of halogens is 3. The number of sulfonamides is 1. The number of alkyl halides is 3. The quantitative estimate of drug-likeness (QED) is 0.328. The van der Waals surface area contributed by atoms with E-state index >= 15 is 0 Å². The number of amides is 1. The van der Waals surface area contributed by atoms with Gasteiger partial charge >= 0.3 is 6.18 Å². The van der Waals surface area contributed by atoms with E-state index in [2.05, 4.69) is 4.72 Å². The first-order valence-electron chi connectivity index (χ1n) is 14.0. The van der Waals surface area contributed by atoms with Crippen LogP contribution in [0.3, 0.4) is 0 Å². The van der Waals surface area contributed by atoms with Crippen LogP contribution in [-0.4, -0.2) is 75.2 Å². The smallest absolute Gasteiger partial charge is 0.416 e. The van der Waals surface area contributed by atoms with Crippen molar-refractivity contribution < 1.29 is 41.0 Å². The highest BCUT2D eigenvalue weighted by molar-refractivity contribution is 7.92. The second-order valence-electron chi connectivity index (χ2n) is 11.0. The van der Waals surface area contributed by atoms with Gasteiger partial charge in [0.25, 0.3) is 15.9 Å². The first-order valence-corrected chi connectivity index (χ1v) is 15.4. The van der Waals surface area contributed by atoms with Crippen LogP contribution in [0.1, 0.15) is 35.3 Å². The maximum atomic E-state index is 13.7. The van der Waals surface area contributed by atoms with Crippen molar-refractivity contribution in [3.05, 3.63) is 83.4 Å². The van der Waals surface area contributed by atoms with Crippen molar-refractivity contribution in [3.63, 3.8) is 0 Å². The topological polar surface area (TPSA) is 108 Å². The number of aliphatic hydroxyl groups is 1. The van der Waals surface area contributed by atoms with Gasteiger partial charge in [0.15, 0.2) is 5.75 Å². The van der Waals surface area contributed by atoms with E-state index in [1.807, 2.05) is 11.8 Å². The lowest BCUT2D eigenvalue weighted by atomic mass is 9.99. The summed E-state index contributed by atoms with van der Waals surface area (Å²) < 4.78 is 79.8. The molecule has 2 N–H and O–H groups in total.